The largest absolute Gasteiger partial charge is 0.494 e. The summed E-state index contributed by atoms with van der Waals surface area (Å²) in [4.78, 5) is 11.2. The van der Waals surface area contributed by atoms with Gasteiger partial charge in [0.2, 0.25) is 0 Å². The minimum Gasteiger partial charge on any atom is -0.494 e. The van der Waals surface area contributed by atoms with Gasteiger partial charge >= 0.3 is 0 Å². The van der Waals surface area contributed by atoms with E-state index in [0.29, 0.717) is 22.9 Å². The molecule has 0 radical (unpaired) electrons. The predicted molar refractivity (Wildman–Crippen MR) is 131 cm³/mol. The van der Waals surface area contributed by atoms with E-state index in [1.54, 1.807) is 50.5 Å². The Morgan fingerprint density at radius 1 is 1.03 bits per heavy atom. The lowest BCUT2D eigenvalue weighted by Crippen LogP contribution is -2.15. The highest BCUT2D eigenvalue weighted by Gasteiger charge is 2.18. The number of hydrogen-bond donors (Lipinski definition) is 0. The van der Waals surface area contributed by atoms with Crippen LogP contribution in [0.3, 0.4) is 0 Å². The number of aromatic nitrogens is 2. The van der Waals surface area contributed by atoms with Crippen LogP contribution in [-0.2, 0) is 9.84 Å². The lowest BCUT2D eigenvalue weighted by atomic mass is 10.1. The molecular formula is C26H29N3O3S. The van der Waals surface area contributed by atoms with Crippen LogP contribution in [0.4, 0.5) is 0 Å². The van der Waals surface area contributed by atoms with Crippen LogP contribution in [0.2, 0.25) is 0 Å². The standard InChI is InChI=1S/C26H29N3O3S/c1-20(2)33(30,31)25-13-10-22(11-14-25)26-19-27-18-23(28-26)12-9-21-7-5-8-24(17-21)32-16-6-15-29(3)4/h5,7-8,10-11,13-14,17-20H,6,15-16H2,1-4H3. The van der Waals surface area contributed by atoms with E-state index >= 15 is 0 Å². The minimum atomic E-state index is -3.31. The summed E-state index contributed by atoms with van der Waals surface area (Å²) in [6.07, 6.45) is 4.20. The maximum atomic E-state index is 12.3. The first-order valence-corrected chi connectivity index (χ1v) is 12.4. The molecule has 6 nitrogen and oxygen atoms in total. The highest BCUT2D eigenvalue weighted by atomic mass is 32.2. The molecule has 0 saturated heterocycles. The van der Waals surface area contributed by atoms with Crippen molar-refractivity contribution in [3.05, 3.63) is 72.2 Å². The van der Waals surface area contributed by atoms with E-state index in [1.807, 2.05) is 38.4 Å². The molecule has 0 atom stereocenters. The van der Waals surface area contributed by atoms with Gasteiger partial charge in [0.1, 0.15) is 11.4 Å². The SMILES string of the molecule is CC(C)S(=O)(=O)c1ccc(-c2cncc(C#Cc3cccc(OCCCN(C)C)c3)n2)cc1. The van der Waals surface area contributed by atoms with Crippen molar-refractivity contribution >= 4 is 9.84 Å². The molecule has 0 aliphatic carbocycles. The first-order chi connectivity index (χ1) is 15.8. The molecule has 7 heteroatoms. The fourth-order valence-corrected chi connectivity index (χ4v) is 4.08. The van der Waals surface area contributed by atoms with Crippen molar-refractivity contribution in [3.8, 4) is 28.8 Å². The highest BCUT2D eigenvalue weighted by Crippen LogP contribution is 2.21. The maximum Gasteiger partial charge on any atom is 0.180 e. The number of ether oxygens (including phenoxy) is 1. The minimum absolute atomic E-state index is 0.300. The maximum absolute atomic E-state index is 12.3. The van der Waals surface area contributed by atoms with Gasteiger partial charge in [-0.05, 0) is 70.6 Å². The summed E-state index contributed by atoms with van der Waals surface area (Å²) >= 11 is 0. The van der Waals surface area contributed by atoms with Crippen LogP contribution in [0.1, 0.15) is 31.5 Å². The topological polar surface area (TPSA) is 72.4 Å². The predicted octanol–water partition coefficient (Wildman–Crippen LogP) is 4.06. The van der Waals surface area contributed by atoms with Gasteiger partial charge in [-0.15, -0.1) is 0 Å². The van der Waals surface area contributed by atoms with Crippen molar-refractivity contribution in [1.29, 1.82) is 0 Å². The van der Waals surface area contributed by atoms with Gasteiger partial charge in [-0.25, -0.2) is 13.4 Å². The van der Waals surface area contributed by atoms with Crippen LogP contribution in [0.5, 0.6) is 5.75 Å². The summed E-state index contributed by atoms with van der Waals surface area (Å²) in [7, 11) is 0.775. The normalized spacial score (nSPS) is 11.3. The van der Waals surface area contributed by atoms with E-state index in [9.17, 15) is 8.42 Å². The zero-order valence-corrected chi connectivity index (χ0v) is 20.3. The smallest absolute Gasteiger partial charge is 0.180 e. The van der Waals surface area contributed by atoms with Crippen molar-refractivity contribution in [2.75, 3.05) is 27.2 Å². The molecule has 0 N–H and O–H groups in total. The molecule has 0 fully saturated rings. The van der Waals surface area contributed by atoms with Gasteiger partial charge in [0, 0.05) is 17.7 Å². The summed E-state index contributed by atoms with van der Waals surface area (Å²) < 4.78 is 30.5. The summed E-state index contributed by atoms with van der Waals surface area (Å²) in [5, 5.41) is -0.469. The zero-order chi connectivity index (χ0) is 23.8. The van der Waals surface area contributed by atoms with E-state index in [-0.39, 0.29) is 0 Å². The molecule has 0 saturated carbocycles. The van der Waals surface area contributed by atoms with Crippen LogP contribution < -0.4 is 4.74 Å². The Kier molecular flexibility index (Phi) is 8.21. The van der Waals surface area contributed by atoms with Crippen LogP contribution in [0.25, 0.3) is 11.3 Å². The third kappa shape index (κ3) is 6.88. The third-order valence-electron chi connectivity index (χ3n) is 4.92. The summed E-state index contributed by atoms with van der Waals surface area (Å²) in [5.74, 6) is 6.95. The van der Waals surface area contributed by atoms with Gasteiger partial charge in [-0.2, -0.15) is 0 Å². The van der Waals surface area contributed by atoms with Crippen LogP contribution >= 0.6 is 0 Å². The van der Waals surface area contributed by atoms with Crippen molar-refractivity contribution in [2.24, 2.45) is 0 Å². The fourth-order valence-electron chi connectivity index (χ4n) is 3.02. The van der Waals surface area contributed by atoms with E-state index < -0.39 is 15.1 Å². The van der Waals surface area contributed by atoms with Gasteiger partial charge in [-0.3, -0.25) is 4.98 Å². The molecule has 3 rings (SSSR count). The molecule has 0 aliphatic rings. The molecule has 0 aliphatic heterocycles. The van der Waals surface area contributed by atoms with Crippen LogP contribution in [0.15, 0.2) is 65.8 Å². The molecule has 1 aromatic heterocycles. The lowest BCUT2D eigenvalue weighted by Gasteiger charge is -2.10. The van der Waals surface area contributed by atoms with Crippen molar-refractivity contribution in [1.82, 2.24) is 14.9 Å². The Labute approximate surface area is 196 Å². The zero-order valence-electron chi connectivity index (χ0n) is 19.4. The molecule has 0 bridgehead atoms. The Balaban J connectivity index is 1.72. The molecule has 1 heterocycles. The molecule has 3 aromatic rings. The van der Waals surface area contributed by atoms with Crippen molar-refractivity contribution < 1.29 is 13.2 Å². The van der Waals surface area contributed by atoms with Gasteiger partial charge in [0.05, 0.1) is 34.8 Å². The Hall–Kier alpha value is -3.21. The second-order valence-electron chi connectivity index (χ2n) is 8.19. The van der Waals surface area contributed by atoms with Crippen molar-refractivity contribution in [2.45, 2.75) is 30.4 Å². The monoisotopic (exact) mass is 463 g/mol. The number of hydrogen-bond acceptors (Lipinski definition) is 6. The van der Waals surface area contributed by atoms with Crippen LogP contribution in [0, 0.1) is 11.8 Å². The Bertz CT molecular complexity index is 1240. The summed E-state index contributed by atoms with van der Waals surface area (Å²) in [6, 6.07) is 14.4. The van der Waals surface area contributed by atoms with Gasteiger partial charge in [0.25, 0.3) is 0 Å². The second kappa shape index (κ2) is 11.1. The second-order valence-corrected chi connectivity index (χ2v) is 10.7. The van der Waals surface area contributed by atoms with E-state index in [1.165, 1.54) is 0 Å². The van der Waals surface area contributed by atoms with E-state index in [2.05, 4.69) is 26.7 Å². The molecule has 33 heavy (non-hydrogen) atoms. The Morgan fingerprint density at radius 3 is 2.48 bits per heavy atom. The Morgan fingerprint density at radius 2 is 1.79 bits per heavy atom. The third-order valence-corrected chi connectivity index (χ3v) is 7.09. The summed E-state index contributed by atoms with van der Waals surface area (Å²) in [5.41, 5.74) is 2.77. The van der Waals surface area contributed by atoms with Gasteiger partial charge < -0.3 is 9.64 Å². The number of sulfone groups is 1. The van der Waals surface area contributed by atoms with Crippen molar-refractivity contribution in [3.63, 3.8) is 0 Å². The molecule has 0 amide bonds. The number of rotatable bonds is 8. The average Bonchev–Trinajstić information content (AvgIpc) is 2.81. The number of nitrogens with zero attached hydrogens (tertiary/aromatic N) is 3. The van der Waals surface area contributed by atoms with Gasteiger partial charge in [-0.1, -0.05) is 24.1 Å². The summed E-state index contributed by atoms with van der Waals surface area (Å²) in [6.45, 7) is 4.97. The van der Waals surface area contributed by atoms with E-state index in [4.69, 9.17) is 4.74 Å². The fraction of sp³-hybridized carbons (Fsp3) is 0.308. The molecular weight excluding hydrogens is 434 g/mol. The average molecular weight is 464 g/mol. The van der Waals surface area contributed by atoms with E-state index in [0.717, 1.165) is 29.8 Å². The molecule has 0 unspecified atom stereocenters. The van der Waals surface area contributed by atoms with Gasteiger partial charge in [0.15, 0.2) is 9.84 Å². The molecule has 0 spiro atoms. The number of benzene rings is 2. The highest BCUT2D eigenvalue weighted by molar-refractivity contribution is 7.92. The van der Waals surface area contributed by atoms with Crippen LogP contribution in [-0.4, -0.2) is 55.8 Å². The first-order valence-electron chi connectivity index (χ1n) is 10.8. The lowest BCUT2D eigenvalue weighted by molar-refractivity contribution is 0.281. The molecule has 2 aromatic carbocycles. The quantitative estimate of drug-likeness (QED) is 0.371. The molecule has 172 valence electrons. The first kappa shape index (κ1) is 24.4.